The average molecular weight is 239 g/mol. The van der Waals surface area contributed by atoms with Crippen LogP contribution in [0.1, 0.15) is 30.5 Å². The van der Waals surface area contributed by atoms with Crippen LogP contribution in [0.3, 0.4) is 0 Å². The number of halogens is 1. The molecule has 3 heteroatoms. The average Bonchev–Trinajstić information content (AvgIpc) is 2.70. The minimum atomic E-state index is -0.0419. The number of hydrogen-bond acceptors (Lipinski definition) is 2. The minimum Gasteiger partial charge on any atom is -0.309 e. The molecule has 0 spiro atoms. The van der Waals surface area contributed by atoms with Crippen molar-refractivity contribution in [1.82, 2.24) is 5.32 Å². The fourth-order valence-electron chi connectivity index (χ4n) is 2.21. The van der Waals surface area contributed by atoms with Crippen LogP contribution in [0.15, 0.2) is 18.2 Å². The predicted molar refractivity (Wildman–Crippen MR) is 68.4 cm³/mol. The minimum absolute atomic E-state index is 0.0419. The molecular weight excluding hydrogens is 221 g/mol. The summed E-state index contributed by atoms with van der Waals surface area (Å²) in [6.45, 7) is 3.20. The number of rotatable bonds is 4. The van der Waals surface area contributed by atoms with E-state index in [4.69, 9.17) is 0 Å². The quantitative estimate of drug-likeness (QED) is 0.866. The van der Waals surface area contributed by atoms with Crippen molar-refractivity contribution in [3.63, 3.8) is 0 Å². The van der Waals surface area contributed by atoms with Gasteiger partial charge in [0, 0.05) is 17.8 Å². The maximum absolute atomic E-state index is 13.5. The zero-order valence-electron chi connectivity index (χ0n) is 9.79. The van der Waals surface area contributed by atoms with Crippen LogP contribution in [0.4, 0.5) is 4.39 Å². The van der Waals surface area contributed by atoms with Gasteiger partial charge in [0.05, 0.1) is 0 Å². The van der Waals surface area contributed by atoms with E-state index in [1.807, 2.05) is 23.9 Å². The van der Waals surface area contributed by atoms with Crippen LogP contribution in [-0.4, -0.2) is 18.1 Å². The third-order valence-electron chi connectivity index (χ3n) is 3.27. The molecule has 0 heterocycles. The number of thioether (sulfide) groups is 1. The van der Waals surface area contributed by atoms with E-state index in [9.17, 15) is 4.39 Å². The van der Waals surface area contributed by atoms with E-state index in [0.29, 0.717) is 11.3 Å². The predicted octanol–water partition coefficient (Wildman–Crippen LogP) is 3.15. The second-order valence-corrected chi connectivity index (χ2v) is 5.63. The molecule has 0 saturated heterocycles. The molecule has 1 aromatic rings. The topological polar surface area (TPSA) is 12.0 Å². The van der Waals surface area contributed by atoms with Crippen LogP contribution in [0.25, 0.3) is 0 Å². The first-order chi connectivity index (χ1) is 7.72. The Morgan fingerprint density at radius 1 is 1.56 bits per heavy atom. The van der Waals surface area contributed by atoms with Gasteiger partial charge >= 0.3 is 0 Å². The number of nitrogens with one attached hydrogen (secondary N) is 1. The van der Waals surface area contributed by atoms with Gasteiger partial charge in [0.1, 0.15) is 5.82 Å². The van der Waals surface area contributed by atoms with Crippen LogP contribution < -0.4 is 5.32 Å². The van der Waals surface area contributed by atoms with Gasteiger partial charge < -0.3 is 5.32 Å². The highest BCUT2D eigenvalue weighted by molar-refractivity contribution is 7.99. The second-order valence-electron chi connectivity index (χ2n) is 4.35. The highest BCUT2D eigenvalue weighted by atomic mass is 32.2. The largest absolute Gasteiger partial charge is 0.309 e. The van der Waals surface area contributed by atoms with Crippen LogP contribution in [0.5, 0.6) is 0 Å². The monoisotopic (exact) mass is 239 g/mol. The fourth-order valence-corrected chi connectivity index (χ4v) is 2.48. The number of fused-ring (bicyclic) bond motifs is 1. The van der Waals surface area contributed by atoms with Gasteiger partial charge in [-0.1, -0.05) is 19.1 Å². The van der Waals surface area contributed by atoms with Crippen molar-refractivity contribution in [2.75, 3.05) is 12.8 Å². The first-order valence-electron chi connectivity index (χ1n) is 5.76. The zero-order chi connectivity index (χ0) is 11.5. The lowest BCUT2D eigenvalue weighted by molar-refractivity contribution is 0.533. The summed E-state index contributed by atoms with van der Waals surface area (Å²) >= 11 is 1.86. The van der Waals surface area contributed by atoms with Crippen molar-refractivity contribution < 1.29 is 4.39 Å². The van der Waals surface area contributed by atoms with Gasteiger partial charge in [-0.2, -0.15) is 11.8 Å². The molecule has 1 aromatic carbocycles. The van der Waals surface area contributed by atoms with E-state index < -0.39 is 0 Å². The zero-order valence-corrected chi connectivity index (χ0v) is 10.6. The molecule has 0 saturated carbocycles. The highest BCUT2D eigenvalue weighted by Crippen LogP contribution is 2.32. The number of hydrogen-bond donors (Lipinski definition) is 1. The second kappa shape index (κ2) is 5.19. The Morgan fingerprint density at radius 2 is 2.38 bits per heavy atom. The summed E-state index contributed by atoms with van der Waals surface area (Å²) in [5, 5.41) is 4.14. The van der Waals surface area contributed by atoms with E-state index in [0.717, 1.165) is 30.5 Å². The SMILES string of the molecule is CSC(C)CNC1CCc2c(F)cccc21. The Labute approximate surface area is 101 Å². The summed E-state index contributed by atoms with van der Waals surface area (Å²) in [6.07, 6.45) is 4.01. The first kappa shape index (κ1) is 11.9. The van der Waals surface area contributed by atoms with Crippen molar-refractivity contribution in [2.45, 2.75) is 31.1 Å². The molecule has 1 N–H and O–H groups in total. The van der Waals surface area contributed by atoms with Gasteiger partial charge in [-0.15, -0.1) is 0 Å². The Balaban J connectivity index is 2.03. The molecule has 0 bridgehead atoms. The van der Waals surface area contributed by atoms with Gasteiger partial charge in [0.25, 0.3) is 0 Å². The molecule has 2 rings (SSSR count). The summed E-state index contributed by atoms with van der Waals surface area (Å²) in [7, 11) is 0. The maximum Gasteiger partial charge on any atom is 0.126 e. The van der Waals surface area contributed by atoms with E-state index in [1.54, 1.807) is 6.07 Å². The van der Waals surface area contributed by atoms with E-state index >= 15 is 0 Å². The molecule has 0 amide bonds. The Kier molecular flexibility index (Phi) is 3.87. The molecule has 2 atom stereocenters. The lowest BCUT2D eigenvalue weighted by Gasteiger charge is -2.16. The molecule has 0 aromatic heterocycles. The van der Waals surface area contributed by atoms with Crippen LogP contribution >= 0.6 is 11.8 Å². The van der Waals surface area contributed by atoms with E-state index in [-0.39, 0.29) is 5.82 Å². The summed E-state index contributed by atoms with van der Waals surface area (Å²) < 4.78 is 13.5. The van der Waals surface area contributed by atoms with Crippen LogP contribution in [0.2, 0.25) is 0 Å². The fraction of sp³-hybridized carbons (Fsp3) is 0.538. The standard InChI is InChI=1S/C13H18FNS/c1-9(16-2)8-15-13-7-6-10-11(13)4-3-5-12(10)14/h3-5,9,13,15H,6-8H2,1-2H3. The first-order valence-corrected chi connectivity index (χ1v) is 7.04. The third kappa shape index (κ3) is 2.41. The normalized spacial score (nSPS) is 20.8. The van der Waals surface area contributed by atoms with Crippen molar-refractivity contribution >= 4 is 11.8 Å². The van der Waals surface area contributed by atoms with Crippen LogP contribution in [0, 0.1) is 5.82 Å². The summed E-state index contributed by atoms with van der Waals surface area (Å²) in [6, 6.07) is 5.77. The van der Waals surface area contributed by atoms with Crippen LogP contribution in [-0.2, 0) is 6.42 Å². The highest BCUT2D eigenvalue weighted by Gasteiger charge is 2.24. The molecule has 1 aliphatic carbocycles. The lowest BCUT2D eigenvalue weighted by Crippen LogP contribution is -2.26. The van der Waals surface area contributed by atoms with Gasteiger partial charge in [-0.05, 0) is 36.3 Å². The Morgan fingerprint density at radius 3 is 3.12 bits per heavy atom. The third-order valence-corrected chi connectivity index (χ3v) is 4.24. The Hall–Kier alpha value is -0.540. The molecule has 2 unspecified atom stereocenters. The molecule has 1 nitrogen and oxygen atoms in total. The van der Waals surface area contributed by atoms with Crippen molar-refractivity contribution in [1.29, 1.82) is 0 Å². The maximum atomic E-state index is 13.5. The molecular formula is C13H18FNS. The molecule has 88 valence electrons. The Bertz CT molecular complexity index is 367. The van der Waals surface area contributed by atoms with E-state index in [2.05, 4.69) is 18.5 Å². The van der Waals surface area contributed by atoms with Gasteiger partial charge in [-0.3, -0.25) is 0 Å². The molecule has 0 fully saturated rings. The summed E-state index contributed by atoms with van der Waals surface area (Å²) in [5.41, 5.74) is 2.07. The molecule has 0 radical (unpaired) electrons. The van der Waals surface area contributed by atoms with Gasteiger partial charge in [0.15, 0.2) is 0 Å². The van der Waals surface area contributed by atoms with Crippen molar-refractivity contribution in [3.05, 3.63) is 35.1 Å². The molecule has 0 aliphatic heterocycles. The molecule has 16 heavy (non-hydrogen) atoms. The van der Waals surface area contributed by atoms with E-state index in [1.165, 1.54) is 0 Å². The number of benzene rings is 1. The lowest BCUT2D eigenvalue weighted by atomic mass is 10.1. The smallest absolute Gasteiger partial charge is 0.126 e. The summed E-state index contributed by atoms with van der Waals surface area (Å²) in [4.78, 5) is 0. The summed E-state index contributed by atoms with van der Waals surface area (Å²) in [5.74, 6) is -0.0419. The van der Waals surface area contributed by atoms with Crippen molar-refractivity contribution in [2.24, 2.45) is 0 Å². The molecule has 1 aliphatic rings. The van der Waals surface area contributed by atoms with Gasteiger partial charge in [-0.25, -0.2) is 4.39 Å². The van der Waals surface area contributed by atoms with Gasteiger partial charge in [0.2, 0.25) is 0 Å². The van der Waals surface area contributed by atoms with Crippen molar-refractivity contribution in [3.8, 4) is 0 Å².